The van der Waals surface area contributed by atoms with Gasteiger partial charge in [0.2, 0.25) is 0 Å². The van der Waals surface area contributed by atoms with Crippen LogP contribution in [0.15, 0.2) is 42.5 Å². The Morgan fingerprint density at radius 3 is 2.47 bits per heavy atom. The van der Waals surface area contributed by atoms with E-state index in [1.165, 1.54) is 29.6 Å². The molecular formula is C24H25NO5. The lowest BCUT2D eigenvalue weighted by Gasteiger charge is -2.35. The lowest BCUT2D eigenvalue weighted by Crippen LogP contribution is -2.50. The highest BCUT2D eigenvalue weighted by molar-refractivity contribution is 5.92. The molecule has 156 valence electrons. The summed E-state index contributed by atoms with van der Waals surface area (Å²) in [5.74, 6) is -1.41. The molecule has 0 saturated heterocycles. The Balaban J connectivity index is 1.44. The highest BCUT2D eigenvalue weighted by Gasteiger charge is 2.35. The molecule has 1 aliphatic carbocycles. The summed E-state index contributed by atoms with van der Waals surface area (Å²) in [6, 6.07) is 12.6. The second kappa shape index (κ2) is 8.69. The molecule has 4 rings (SSSR count). The van der Waals surface area contributed by atoms with Gasteiger partial charge in [-0.1, -0.05) is 30.3 Å². The molecule has 2 aromatic rings. The number of aryl methyl sites for hydroxylation is 2. The zero-order valence-electron chi connectivity index (χ0n) is 17.1. The second-order valence-electron chi connectivity index (χ2n) is 7.80. The number of ether oxygens (including phenoxy) is 2. The van der Waals surface area contributed by atoms with Crippen molar-refractivity contribution in [1.29, 1.82) is 0 Å². The summed E-state index contributed by atoms with van der Waals surface area (Å²) in [5.41, 5.74) is 4.91. The lowest BCUT2D eigenvalue weighted by atomic mass is 9.90. The highest BCUT2D eigenvalue weighted by Crippen LogP contribution is 2.25. The lowest BCUT2D eigenvalue weighted by molar-refractivity contribution is -0.155. The van der Waals surface area contributed by atoms with Crippen molar-refractivity contribution in [2.75, 3.05) is 13.7 Å². The Kier molecular flexibility index (Phi) is 5.84. The summed E-state index contributed by atoms with van der Waals surface area (Å²) in [5, 5.41) is 0. The number of amides is 1. The highest BCUT2D eigenvalue weighted by atomic mass is 16.5. The zero-order valence-corrected chi connectivity index (χ0v) is 17.1. The van der Waals surface area contributed by atoms with Crippen LogP contribution in [0.4, 0.5) is 0 Å². The van der Waals surface area contributed by atoms with Crippen molar-refractivity contribution in [1.82, 2.24) is 4.90 Å². The van der Waals surface area contributed by atoms with Gasteiger partial charge in [0.05, 0.1) is 12.7 Å². The van der Waals surface area contributed by atoms with E-state index in [1.807, 2.05) is 36.4 Å². The standard InChI is InChI=1S/C24H25NO5/c1-29-24(28)21-13-18-8-4-5-9-20(18)14-25(21)22(26)15-30-23(27)19-11-10-16-6-2-3-7-17(16)12-19/h4-5,8-12,21H,2-3,6-7,13-15H2,1H3/t21-/m1/s1. The molecule has 6 nitrogen and oxygen atoms in total. The average molecular weight is 407 g/mol. The number of fused-ring (bicyclic) bond motifs is 2. The van der Waals surface area contributed by atoms with Crippen LogP contribution in [0.25, 0.3) is 0 Å². The number of carbonyl (C=O) groups excluding carboxylic acids is 3. The van der Waals surface area contributed by atoms with Gasteiger partial charge in [-0.15, -0.1) is 0 Å². The molecule has 2 aromatic carbocycles. The van der Waals surface area contributed by atoms with Crippen molar-refractivity contribution in [3.8, 4) is 0 Å². The van der Waals surface area contributed by atoms with Crippen LogP contribution in [-0.2, 0) is 44.9 Å². The maximum absolute atomic E-state index is 12.8. The fourth-order valence-electron chi connectivity index (χ4n) is 4.29. The van der Waals surface area contributed by atoms with Gasteiger partial charge in [-0.25, -0.2) is 9.59 Å². The molecule has 1 heterocycles. The Hall–Kier alpha value is -3.15. The van der Waals surface area contributed by atoms with Crippen LogP contribution in [0.2, 0.25) is 0 Å². The van der Waals surface area contributed by atoms with Crippen molar-refractivity contribution >= 4 is 17.8 Å². The molecule has 2 aliphatic rings. The Bertz CT molecular complexity index is 983. The molecule has 0 saturated carbocycles. The Morgan fingerprint density at radius 1 is 0.967 bits per heavy atom. The first-order valence-electron chi connectivity index (χ1n) is 10.3. The summed E-state index contributed by atoms with van der Waals surface area (Å²) in [4.78, 5) is 39.1. The van der Waals surface area contributed by atoms with E-state index in [9.17, 15) is 14.4 Å². The molecule has 1 atom stereocenters. The molecule has 0 N–H and O–H groups in total. The van der Waals surface area contributed by atoms with Crippen LogP contribution >= 0.6 is 0 Å². The zero-order chi connectivity index (χ0) is 21.1. The Morgan fingerprint density at radius 2 is 1.70 bits per heavy atom. The van der Waals surface area contributed by atoms with Gasteiger partial charge in [-0.3, -0.25) is 4.79 Å². The number of hydrogen-bond donors (Lipinski definition) is 0. The van der Waals surface area contributed by atoms with E-state index in [0.29, 0.717) is 12.0 Å². The molecule has 30 heavy (non-hydrogen) atoms. The van der Waals surface area contributed by atoms with Gasteiger partial charge in [0.25, 0.3) is 5.91 Å². The fourth-order valence-corrected chi connectivity index (χ4v) is 4.29. The van der Waals surface area contributed by atoms with Crippen LogP contribution in [0.3, 0.4) is 0 Å². The quantitative estimate of drug-likeness (QED) is 0.729. The van der Waals surface area contributed by atoms with Gasteiger partial charge < -0.3 is 14.4 Å². The minimum absolute atomic E-state index is 0.283. The third-order valence-electron chi connectivity index (χ3n) is 5.95. The van der Waals surface area contributed by atoms with Crippen LogP contribution < -0.4 is 0 Å². The summed E-state index contributed by atoms with van der Waals surface area (Å²) >= 11 is 0. The molecular weight excluding hydrogens is 382 g/mol. The number of rotatable bonds is 4. The number of hydrogen-bond acceptors (Lipinski definition) is 5. The third-order valence-corrected chi connectivity index (χ3v) is 5.95. The van der Waals surface area contributed by atoms with Crippen LogP contribution in [0.5, 0.6) is 0 Å². The minimum atomic E-state index is -0.722. The van der Waals surface area contributed by atoms with E-state index >= 15 is 0 Å². The number of methoxy groups -OCH3 is 1. The van der Waals surface area contributed by atoms with E-state index in [1.54, 1.807) is 6.07 Å². The van der Waals surface area contributed by atoms with Gasteiger partial charge in [-0.05, 0) is 60.1 Å². The van der Waals surface area contributed by atoms with Crippen molar-refractivity contribution in [3.05, 3.63) is 70.3 Å². The maximum Gasteiger partial charge on any atom is 0.338 e. The molecule has 1 aliphatic heterocycles. The molecule has 0 bridgehead atoms. The van der Waals surface area contributed by atoms with Gasteiger partial charge >= 0.3 is 11.9 Å². The van der Waals surface area contributed by atoms with Crippen LogP contribution in [0.1, 0.15) is 45.5 Å². The second-order valence-corrected chi connectivity index (χ2v) is 7.80. The monoisotopic (exact) mass is 407 g/mol. The largest absolute Gasteiger partial charge is 0.467 e. The molecule has 0 fully saturated rings. The summed E-state index contributed by atoms with van der Waals surface area (Å²) in [6.07, 6.45) is 4.67. The summed E-state index contributed by atoms with van der Waals surface area (Å²) < 4.78 is 10.2. The number of benzene rings is 2. The molecule has 0 aromatic heterocycles. The SMILES string of the molecule is COC(=O)[C@H]1Cc2ccccc2CN1C(=O)COC(=O)c1ccc2c(c1)CCCC2. The molecule has 0 radical (unpaired) electrons. The van der Waals surface area contributed by atoms with E-state index in [0.717, 1.165) is 30.4 Å². The molecule has 0 spiro atoms. The van der Waals surface area contributed by atoms with Crippen molar-refractivity contribution in [2.45, 2.75) is 44.7 Å². The van der Waals surface area contributed by atoms with E-state index < -0.39 is 30.5 Å². The molecule has 1 amide bonds. The van der Waals surface area contributed by atoms with Crippen LogP contribution in [-0.4, -0.2) is 42.5 Å². The smallest absolute Gasteiger partial charge is 0.338 e. The predicted octanol–water partition coefficient (Wildman–Crippen LogP) is 2.85. The normalized spacial score (nSPS) is 17.5. The fraction of sp³-hybridized carbons (Fsp3) is 0.375. The van der Waals surface area contributed by atoms with Crippen molar-refractivity contribution in [2.24, 2.45) is 0 Å². The van der Waals surface area contributed by atoms with Crippen molar-refractivity contribution in [3.63, 3.8) is 0 Å². The third kappa shape index (κ3) is 4.08. The molecule has 0 unspecified atom stereocenters. The first kappa shape index (κ1) is 20.1. The van der Waals surface area contributed by atoms with E-state index in [-0.39, 0.29) is 6.54 Å². The van der Waals surface area contributed by atoms with Gasteiger partial charge in [-0.2, -0.15) is 0 Å². The number of carbonyl (C=O) groups is 3. The van der Waals surface area contributed by atoms with Crippen molar-refractivity contribution < 1.29 is 23.9 Å². The molecule has 6 heteroatoms. The average Bonchev–Trinajstić information content (AvgIpc) is 2.80. The maximum atomic E-state index is 12.8. The van der Waals surface area contributed by atoms with Crippen LogP contribution in [0, 0.1) is 0 Å². The summed E-state index contributed by atoms with van der Waals surface area (Å²) in [6.45, 7) is -0.128. The first-order chi connectivity index (χ1) is 14.6. The summed E-state index contributed by atoms with van der Waals surface area (Å²) in [7, 11) is 1.31. The number of nitrogens with zero attached hydrogens (tertiary/aromatic N) is 1. The minimum Gasteiger partial charge on any atom is -0.467 e. The predicted molar refractivity (Wildman–Crippen MR) is 110 cm³/mol. The van der Waals surface area contributed by atoms with Gasteiger partial charge in [0.1, 0.15) is 6.04 Å². The first-order valence-corrected chi connectivity index (χ1v) is 10.3. The van der Waals surface area contributed by atoms with E-state index in [4.69, 9.17) is 9.47 Å². The number of esters is 2. The van der Waals surface area contributed by atoms with E-state index in [2.05, 4.69) is 0 Å². The Labute approximate surface area is 175 Å². The van der Waals surface area contributed by atoms with Gasteiger partial charge in [0, 0.05) is 13.0 Å². The van der Waals surface area contributed by atoms with Gasteiger partial charge in [0.15, 0.2) is 6.61 Å². The topological polar surface area (TPSA) is 72.9 Å².